The molecule has 0 spiro atoms. The lowest BCUT2D eigenvalue weighted by molar-refractivity contribution is -0.288. The van der Waals surface area contributed by atoms with Crippen molar-refractivity contribution in [3.05, 3.63) is 244 Å². The number of aliphatic hydroxyl groups is 4. The van der Waals surface area contributed by atoms with E-state index in [1.807, 2.05) is 0 Å². The Bertz CT molecular complexity index is 5360. The summed E-state index contributed by atoms with van der Waals surface area (Å²) in [7, 11) is 0. The number of carboxylic acids is 1. The van der Waals surface area contributed by atoms with Gasteiger partial charge in [0.1, 0.15) is 5.41 Å². The zero-order valence-corrected chi connectivity index (χ0v) is 64.4. The first kappa shape index (κ1) is 96.3. The van der Waals surface area contributed by atoms with Crippen LogP contribution < -0.4 is 11.5 Å². The number of rotatable bonds is 16. The number of anilines is 2. The van der Waals surface area contributed by atoms with Crippen LogP contribution in [0, 0.1) is 34.6 Å². The number of carboxylic acid groups (broad SMARTS) is 1. The van der Waals surface area contributed by atoms with Crippen molar-refractivity contribution in [2.24, 2.45) is 0 Å². The number of nitrogen functional groups attached to an aromatic ring is 2. The molecule has 0 saturated carbocycles. The highest BCUT2D eigenvalue weighted by molar-refractivity contribution is 6.16. The second-order valence-corrected chi connectivity index (χ2v) is 28.9. The van der Waals surface area contributed by atoms with Gasteiger partial charge in [0.2, 0.25) is 5.41 Å². The molecule has 0 amide bonds. The Hall–Kier alpha value is -11.8. The van der Waals surface area contributed by atoms with Crippen LogP contribution in [0.3, 0.4) is 0 Å². The predicted octanol–water partition coefficient (Wildman–Crippen LogP) is 18.2. The van der Waals surface area contributed by atoms with Gasteiger partial charge in [-0.05, 0) is 225 Å². The highest BCUT2D eigenvalue weighted by Gasteiger charge is 2.73. The largest absolute Gasteiger partial charge is 0.478 e. The van der Waals surface area contributed by atoms with E-state index in [-0.39, 0.29) is 114 Å². The van der Waals surface area contributed by atoms with E-state index >= 15 is 0 Å². The van der Waals surface area contributed by atoms with Crippen LogP contribution >= 0.6 is 0 Å². The van der Waals surface area contributed by atoms with Crippen molar-refractivity contribution in [1.29, 1.82) is 0 Å². The van der Waals surface area contributed by atoms with Crippen LogP contribution in [0.2, 0.25) is 0 Å². The van der Waals surface area contributed by atoms with Gasteiger partial charge in [0.25, 0.3) is 0 Å². The maximum atomic E-state index is 14.9. The molecule has 0 fully saturated rings. The van der Waals surface area contributed by atoms with Crippen molar-refractivity contribution < 1.29 is 170 Å². The Kier molecular flexibility index (Phi) is 26.2. The Morgan fingerprint density at radius 1 is 0.355 bits per heavy atom. The van der Waals surface area contributed by atoms with E-state index in [4.69, 9.17) is 21.1 Å². The SMILES string of the molecule is CC(c1ccc2c(c1)C(=O)OC2=O)(c1ccc2c(c1)C(=O)OC2=O)C(F)(F)F.CCC(=O)c1ccc(C(c2ccc(C(=O)Cc3cc(C)c(-c4cc(C(C)(O)C(F)(F)F)c(C)cc4C)cc3C(C)(O)C(F)(F)F)cc2)(C(F)(F)F)C(F)(F)F)cc1C(=O)O.Cc1cc(N)c(C(C)(O)C(F)(F)F)cc1-c1cc(C(C)(O)C(F)(F)F)c(N)cc1C.O=C=O. The van der Waals surface area contributed by atoms with Gasteiger partial charge in [-0.25, -0.2) is 24.0 Å². The number of alkyl halides is 21. The normalized spacial score (nSPS) is 15.4. The zero-order valence-electron chi connectivity index (χ0n) is 64.4. The van der Waals surface area contributed by atoms with Gasteiger partial charge >= 0.3 is 79.2 Å². The second-order valence-electron chi connectivity index (χ2n) is 28.9. The number of halogens is 21. The first-order valence-corrected chi connectivity index (χ1v) is 34.7. The zero-order chi connectivity index (χ0) is 92.5. The molecule has 0 bridgehead atoms. The lowest BCUT2D eigenvalue weighted by Gasteiger charge is -2.38. The maximum absolute atomic E-state index is 14.9. The summed E-state index contributed by atoms with van der Waals surface area (Å²) < 4.78 is 305. The predicted molar refractivity (Wildman–Crippen MR) is 384 cm³/mol. The molecule has 18 nitrogen and oxygen atoms in total. The molecule has 2 heterocycles. The number of nitrogens with two attached hydrogens (primary N) is 2. The molecule has 2 aliphatic heterocycles. The summed E-state index contributed by atoms with van der Waals surface area (Å²) in [4.78, 5) is 101. The number of Topliss-reactive ketones (excluding diaryl/α,β-unsaturated/α-hetero) is 2. The minimum absolute atomic E-state index is 0.0129. The summed E-state index contributed by atoms with van der Waals surface area (Å²) in [6, 6.07) is 17.2. The highest BCUT2D eigenvalue weighted by Crippen LogP contribution is 2.58. The number of ether oxygens (including phenoxy) is 2. The average molecular weight is 1740 g/mol. The smallest absolute Gasteiger partial charge is 0.421 e. The van der Waals surface area contributed by atoms with Crippen LogP contribution in [0.5, 0.6) is 0 Å². The molecule has 9 N–H and O–H groups in total. The van der Waals surface area contributed by atoms with E-state index < -0.39 is 180 Å². The fraction of sp³-hybridized carbons (Fsp3) is 0.317. The van der Waals surface area contributed by atoms with Crippen LogP contribution in [0.1, 0.15) is 198 Å². The number of aromatic carboxylic acids is 1. The van der Waals surface area contributed by atoms with E-state index in [1.165, 1.54) is 59.7 Å². The van der Waals surface area contributed by atoms with Crippen molar-refractivity contribution in [3.8, 4) is 22.3 Å². The molecule has 10 rings (SSSR count). The second kappa shape index (κ2) is 33.0. The van der Waals surface area contributed by atoms with Gasteiger partial charge in [0.15, 0.2) is 34.0 Å². The molecule has 0 aromatic heterocycles. The number of benzene rings is 8. The number of esters is 4. The summed E-state index contributed by atoms with van der Waals surface area (Å²) >= 11 is 0. The van der Waals surface area contributed by atoms with Crippen LogP contribution in [-0.4, -0.2) is 116 Å². The van der Waals surface area contributed by atoms with Crippen molar-refractivity contribution in [1.82, 2.24) is 0 Å². The molecule has 4 atom stereocenters. The van der Waals surface area contributed by atoms with Gasteiger partial charge in [0.05, 0.1) is 27.8 Å². The Balaban J connectivity index is 0.000000274. The van der Waals surface area contributed by atoms with Crippen LogP contribution in [0.25, 0.3) is 22.3 Å². The van der Waals surface area contributed by atoms with Crippen molar-refractivity contribution in [2.75, 3.05) is 11.5 Å². The Morgan fingerprint density at radius 2 is 0.678 bits per heavy atom. The molecule has 0 aliphatic carbocycles. The molecule has 121 heavy (non-hydrogen) atoms. The average Bonchev–Trinajstić information content (AvgIpc) is 1.34. The monoisotopic (exact) mass is 1730 g/mol. The summed E-state index contributed by atoms with van der Waals surface area (Å²) in [6.45, 7) is 11.1. The Labute approximate surface area is 670 Å². The van der Waals surface area contributed by atoms with Crippen molar-refractivity contribution in [3.63, 3.8) is 0 Å². The summed E-state index contributed by atoms with van der Waals surface area (Å²) in [5.41, 5.74) is -19.9. The molecule has 39 heteroatoms. The van der Waals surface area contributed by atoms with Crippen molar-refractivity contribution >= 4 is 58.9 Å². The number of ketones is 2. The van der Waals surface area contributed by atoms with Gasteiger partial charge in [-0.2, -0.15) is 102 Å². The fourth-order valence-electron chi connectivity index (χ4n) is 13.7. The van der Waals surface area contributed by atoms with E-state index in [2.05, 4.69) is 9.47 Å². The van der Waals surface area contributed by atoms with Gasteiger partial charge in [-0.1, -0.05) is 67.6 Å². The summed E-state index contributed by atoms with van der Waals surface area (Å²) in [5, 5.41) is 51.0. The third kappa shape index (κ3) is 17.8. The minimum atomic E-state index is -6.22. The lowest BCUT2D eigenvalue weighted by Crippen LogP contribution is -2.54. The highest BCUT2D eigenvalue weighted by atomic mass is 19.4. The molecule has 0 radical (unpaired) electrons. The number of aryl methyl sites for hydroxylation is 5. The first-order valence-electron chi connectivity index (χ1n) is 34.7. The van der Waals surface area contributed by atoms with Gasteiger partial charge in [-0.3, -0.25) is 9.59 Å². The van der Waals surface area contributed by atoms with Crippen LogP contribution in [-0.2, 0) is 58.7 Å². The third-order valence-corrected chi connectivity index (χ3v) is 20.9. The van der Waals surface area contributed by atoms with Crippen molar-refractivity contribution in [2.45, 2.75) is 165 Å². The topological polar surface area (TPSA) is 325 Å². The number of carbonyl (C=O) groups excluding carboxylic acids is 8. The summed E-state index contributed by atoms with van der Waals surface area (Å²) in [6.07, 6.45) is -39.1. The molecule has 8 aromatic rings. The molecular weight excluding hydrogens is 1670 g/mol. The third-order valence-electron chi connectivity index (χ3n) is 20.9. The molecular formula is C82H67F21N2O16. The van der Waals surface area contributed by atoms with Crippen LogP contribution in [0.15, 0.2) is 127 Å². The van der Waals surface area contributed by atoms with Crippen LogP contribution in [0.4, 0.5) is 104 Å². The lowest BCUT2D eigenvalue weighted by atomic mass is 9.72. The maximum Gasteiger partial charge on any atom is 0.421 e. The number of carbonyl (C=O) groups is 7. The minimum Gasteiger partial charge on any atom is -0.478 e. The number of cyclic esters (lactones) is 4. The number of hydrogen-bond acceptors (Lipinski definition) is 17. The van der Waals surface area contributed by atoms with Gasteiger partial charge in [0, 0.05) is 46.5 Å². The van der Waals surface area contributed by atoms with Gasteiger partial charge < -0.3 is 46.5 Å². The molecule has 4 unspecified atom stereocenters. The van der Waals surface area contributed by atoms with E-state index in [9.17, 15) is 151 Å². The first-order chi connectivity index (χ1) is 54.9. The standard InChI is InChI=1S/C42H36F12O6.C20H22F6N2O2.C19H9F3O6.CO2/c1-7-33(55)27-13-12-26(17-30(27)35(57)58)38(41(49,50)51,42(52,53)54)25-10-8-23(9-11-25)34(56)16-24-15-21(3)29(19-32(24)37(6,60)40(46,47)48)28-18-31(22(4)14-20(28)2)36(5,59)39(43,44)45;1-9-5-15(27)13(17(3,29)19(21,22)23)7-11(9)12-8-14(16(28)6-10(12)2)18(4,30)20(24,25)26;1-18(19(20,21)22,8-2-4-10-12(6-8)16(25)27-14(10)23)9-3-5-11-13(7-9)17(26)28-15(11)24;2-1-3/h8-15,17-19,59-60H,7,16H2,1-6H3,(H,57,58);5-8,29-30H,27-28H2,1-4H3;2-7H,1H3;. The fourth-order valence-corrected chi connectivity index (χ4v) is 13.7. The summed E-state index contributed by atoms with van der Waals surface area (Å²) in [5.74, 6) is -7.95. The van der Waals surface area contributed by atoms with E-state index in [0.717, 1.165) is 73.7 Å². The van der Waals surface area contributed by atoms with Gasteiger partial charge in [-0.15, -0.1) is 0 Å². The Morgan fingerprint density at radius 3 is 1.03 bits per heavy atom. The van der Waals surface area contributed by atoms with E-state index in [1.54, 1.807) is 0 Å². The molecule has 648 valence electrons. The molecule has 2 aliphatic rings. The molecule has 8 aromatic carbocycles. The quantitative estimate of drug-likeness (QED) is 0.0155. The van der Waals surface area contributed by atoms with E-state index in [0.29, 0.717) is 63.1 Å². The number of hydrogen-bond donors (Lipinski definition) is 7. The number of fused-ring (bicyclic) bond motifs is 2. The molecule has 0 saturated heterocycles.